The molecule has 0 aromatic rings. The van der Waals surface area contributed by atoms with Gasteiger partial charge in [0.2, 0.25) is 0 Å². The number of carbonyl (C=O) groups is 4. The van der Waals surface area contributed by atoms with Crippen LogP contribution in [0.3, 0.4) is 0 Å². The van der Waals surface area contributed by atoms with E-state index in [-0.39, 0.29) is 25.8 Å². The summed E-state index contributed by atoms with van der Waals surface area (Å²) < 4.78 is 32.5. The number of aliphatic hydroxyl groups excluding tert-OH is 1. The summed E-state index contributed by atoms with van der Waals surface area (Å²) in [5, 5.41) is 11.0. The summed E-state index contributed by atoms with van der Waals surface area (Å²) in [6, 6.07) is 0. The zero-order valence-corrected chi connectivity index (χ0v) is 23.2. The second-order valence-electron chi connectivity index (χ2n) is 9.36. The first-order valence-electron chi connectivity index (χ1n) is 12.8. The molecule has 11 nitrogen and oxygen atoms in total. The first-order valence-corrected chi connectivity index (χ1v) is 12.8. The second kappa shape index (κ2) is 17.0. The maximum absolute atomic E-state index is 12.5. The molecule has 6 atom stereocenters. The third-order valence-corrected chi connectivity index (χ3v) is 5.87. The number of rotatable bonds is 15. The highest BCUT2D eigenvalue weighted by Gasteiger charge is 2.50. The predicted molar refractivity (Wildman–Crippen MR) is 136 cm³/mol. The van der Waals surface area contributed by atoms with E-state index < -0.39 is 54.5 Å². The number of hydrogen-bond acceptors (Lipinski definition) is 11. The molecule has 0 aliphatic carbocycles. The van der Waals surface area contributed by atoms with Crippen molar-refractivity contribution in [3.8, 4) is 0 Å². The average molecular weight is 543 g/mol. The lowest BCUT2D eigenvalue weighted by atomic mass is 9.98. The molecule has 216 valence electrons. The lowest BCUT2D eigenvalue weighted by Crippen LogP contribution is -2.62. The van der Waals surface area contributed by atoms with Crippen molar-refractivity contribution in [3.05, 3.63) is 23.8 Å². The number of allylic oxidation sites excluding steroid dienone is 1. The fourth-order valence-corrected chi connectivity index (χ4v) is 3.49. The van der Waals surface area contributed by atoms with Crippen LogP contribution in [0, 0.1) is 5.92 Å². The molecule has 0 aromatic carbocycles. The molecule has 0 radical (unpaired) electrons. The molecule has 1 rings (SSSR count). The zero-order chi connectivity index (χ0) is 28.8. The third kappa shape index (κ3) is 12.2. The van der Waals surface area contributed by atoms with Gasteiger partial charge in [0, 0.05) is 20.8 Å². The molecule has 0 spiro atoms. The van der Waals surface area contributed by atoms with Crippen LogP contribution >= 0.6 is 0 Å². The molecule has 0 aromatic heterocycles. The van der Waals surface area contributed by atoms with Gasteiger partial charge in [-0.2, -0.15) is 0 Å². The van der Waals surface area contributed by atoms with Crippen LogP contribution in [0.5, 0.6) is 0 Å². The largest absolute Gasteiger partial charge is 0.463 e. The molecule has 11 heteroatoms. The Kier molecular flexibility index (Phi) is 14.8. The molecule has 38 heavy (non-hydrogen) atoms. The first kappa shape index (κ1) is 33.3. The van der Waals surface area contributed by atoms with E-state index >= 15 is 0 Å². The Hall–Kier alpha value is -2.76. The molecule has 1 aliphatic rings. The van der Waals surface area contributed by atoms with Gasteiger partial charge in [-0.1, -0.05) is 32.1 Å². The number of hydrogen-bond donors (Lipinski definition) is 1. The first-order chi connectivity index (χ1) is 17.8. The number of ether oxygens (including phenoxy) is 6. The average Bonchev–Trinajstić information content (AvgIpc) is 2.84. The van der Waals surface area contributed by atoms with Crippen molar-refractivity contribution in [2.75, 3.05) is 19.8 Å². The van der Waals surface area contributed by atoms with Crippen LogP contribution in [0.1, 0.15) is 67.2 Å². The zero-order valence-electron chi connectivity index (χ0n) is 23.2. The van der Waals surface area contributed by atoms with Crippen LogP contribution in [0.4, 0.5) is 0 Å². The third-order valence-electron chi connectivity index (χ3n) is 5.87. The molecule has 0 saturated carbocycles. The number of esters is 4. The van der Waals surface area contributed by atoms with Crippen LogP contribution in [0.25, 0.3) is 0 Å². The van der Waals surface area contributed by atoms with E-state index in [0.717, 1.165) is 11.1 Å². The number of aliphatic hydroxyl groups is 1. The van der Waals surface area contributed by atoms with E-state index in [0.29, 0.717) is 25.7 Å². The quantitative estimate of drug-likeness (QED) is 0.185. The Morgan fingerprint density at radius 1 is 0.974 bits per heavy atom. The standard InChI is InChI=1S/C27H42O11/c1-8-18(4)26(32)38-25-23(31)27(37-22(15-35-20(6)29)24(25)36-21(7)30)33-13-12-16(2)10-9-11-17(3)14-34-19(5)28/h11,18,22-25,27,31H,2,8-10,12-15H2,1,3-7H3/b17-11-/t18?,22-,23-,24-,25-,27-/m1/s1. The summed E-state index contributed by atoms with van der Waals surface area (Å²) in [5.41, 5.74) is 1.82. The van der Waals surface area contributed by atoms with Gasteiger partial charge < -0.3 is 33.5 Å². The minimum absolute atomic E-state index is 0.140. The van der Waals surface area contributed by atoms with E-state index in [1.54, 1.807) is 6.92 Å². The molecule has 1 N–H and O–H groups in total. The van der Waals surface area contributed by atoms with E-state index in [2.05, 4.69) is 6.58 Å². The summed E-state index contributed by atoms with van der Waals surface area (Å²) in [7, 11) is 0. The van der Waals surface area contributed by atoms with Gasteiger partial charge in [-0.05, 0) is 38.2 Å². The van der Waals surface area contributed by atoms with Crippen LogP contribution in [0.2, 0.25) is 0 Å². The predicted octanol–water partition coefficient (Wildman–Crippen LogP) is 2.78. The smallest absolute Gasteiger partial charge is 0.309 e. The van der Waals surface area contributed by atoms with E-state index in [1.807, 2.05) is 19.9 Å². The van der Waals surface area contributed by atoms with Gasteiger partial charge in [-0.3, -0.25) is 19.2 Å². The van der Waals surface area contributed by atoms with Crippen molar-refractivity contribution in [2.24, 2.45) is 5.92 Å². The van der Waals surface area contributed by atoms with Gasteiger partial charge in [0.05, 0.1) is 12.5 Å². The highest BCUT2D eigenvalue weighted by molar-refractivity contribution is 5.72. The SMILES string of the molecule is C=C(CC/C=C(/C)COC(C)=O)CCO[C@@H]1O[C@H](COC(C)=O)[C@@H](OC(C)=O)[C@H](OC(=O)C(C)CC)[C@H]1O. The minimum atomic E-state index is -1.47. The lowest BCUT2D eigenvalue weighted by Gasteiger charge is -2.43. The van der Waals surface area contributed by atoms with Crippen molar-refractivity contribution in [3.63, 3.8) is 0 Å². The van der Waals surface area contributed by atoms with Crippen molar-refractivity contribution >= 4 is 23.9 Å². The van der Waals surface area contributed by atoms with Crippen molar-refractivity contribution in [1.82, 2.24) is 0 Å². The highest BCUT2D eigenvalue weighted by Crippen LogP contribution is 2.29. The maximum atomic E-state index is 12.5. The molecule has 1 unspecified atom stereocenters. The fraction of sp³-hybridized carbons (Fsp3) is 0.704. The van der Waals surface area contributed by atoms with Gasteiger partial charge in [-0.15, -0.1) is 0 Å². The Morgan fingerprint density at radius 3 is 2.21 bits per heavy atom. The minimum Gasteiger partial charge on any atom is -0.463 e. The molecule has 1 fully saturated rings. The Bertz CT molecular complexity index is 850. The molecule has 1 aliphatic heterocycles. The highest BCUT2D eigenvalue weighted by atomic mass is 16.7. The second-order valence-corrected chi connectivity index (χ2v) is 9.36. The van der Waals surface area contributed by atoms with Crippen LogP contribution in [-0.2, 0) is 47.6 Å². The van der Waals surface area contributed by atoms with Crippen molar-refractivity contribution in [2.45, 2.75) is 97.9 Å². The summed E-state index contributed by atoms with van der Waals surface area (Å²) in [6.07, 6.45) is -1.95. The molecule has 0 bridgehead atoms. The van der Waals surface area contributed by atoms with Gasteiger partial charge >= 0.3 is 23.9 Å². The molecule has 0 amide bonds. The molecular weight excluding hydrogens is 500 g/mol. The van der Waals surface area contributed by atoms with Crippen molar-refractivity contribution < 1.29 is 52.7 Å². The van der Waals surface area contributed by atoms with Crippen LogP contribution < -0.4 is 0 Å². The number of carbonyl (C=O) groups excluding carboxylic acids is 4. The Labute approximate surface area is 224 Å². The topological polar surface area (TPSA) is 144 Å². The summed E-state index contributed by atoms with van der Waals surface area (Å²) >= 11 is 0. The molecular formula is C27H42O11. The monoisotopic (exact) mass is 542 g/mol. The Balaban J connectivity index is 2.85. The van der Waals surface area contributed by atoms with Gasteiger partial charge in [-0.25, -0.2) is 0 Å². The van der Waals surface area contributed by atoms with Crippen LogP contribution in [-0.4, -0.2) is 79.5 Å². The molecule has 1 saturated heterocycles. The lowest BCUT2D eigenvalue weighted by molar-refractivity contribution is -0.306. The van der Waals surface area contributed by atoms with Gasteiger partial charge in [0.1, 0.15) is 25.4 Å². The molecule has 1 heterocycles. The van der Waals surface area contributed by atoms with Gasteiger partial charge in [0.15, 0.2) is 18.5 Å². The van der Waals surface area contributed by atoms with E-state index in [4.69, 9.17) is 28.4 Å². The Morgan fingerprint density at radius 2 is 1.63 bits per heavy atom. The summed E-state index contributed by atoms with van der Waals surface area (Å²) in [5.74, 6) is -2.63. The normalized spacial score (nSPS) is 24.2. The van der Waals surface area contributed by atoms with Crippen molar-refractivity contribution in [1.29, 1.82) is 0 Å². The van der Waals surface area contributed by atoms with Gasteiger partial charge in [0.25, 0.3) is 0 Å². The van der Waals surface area contributed by atoms with Crippen LogP contribution in [0.15, 0.2) is 23.8 Å². The van der Waals surface area contributed by atoms with E-state index in [1.165, 1.54) is 20.8 Å². The summed E-state index contributed by atoms with van der Waals surface area (Å²) in [6.45, 7) is 13.2. The summed E-state index contributed by atoms with van der Waals surface area (Å²) in [4.78, 5) is 46.6. The maximum Gasteiger partial charge on any atom is 0.309 e. The van der Waals surface area contributed by atoms with E-state index in [9.17, 15) is 24.3 Å². The fourth-order valence-electron chi connectivity index (χ4n) is 3.49.